The monoisotopic (exact) mass is 304 g/mol. The summed E-state index contributed by atoms with van der Waals surface area (Å²) in [5.41, 5.74) is 0. The van der Waals surface area contributed by atoms with Gasteiger partial charge in [0, 0.05) is 46.0 Å². The fourth-order valence-electron chi connectivity index (χ4n) is 0. The van der Waals surface area contributed by atoms with Crippen LogP contribution < -0.4 is 0 Å². The van der Waals surface area contributed by atoms with Crippen molar-refractivity contribution in [3.8, 4) is 0 Å². The molecule has 0 rings (SSSR count). The van der Waals surface area contributed by atoms with E-state index in [9.17, 15) is 4.79 Å². The van der Waals surface area contributed by atoms with E-state index in [0.717, 1.165) is 6.08 Å². The summed E-state index contributed by atoms with van der Waals surface area (Å²) in [7, 11) is 0. The maximum atomic E-state index is 9.25. The molecule has 0 aromatic carbocycles. The van der Waals surface area contributed by atoms with Crippen LogP contribution in [0.15, 0.2) is 12.7 Å². The molecule has 0 aliphatic heterocycles. The van der Waals surface area contributed by atoms with Gasteiger partial charge in [-0.05, 0) is 0 Å². The molecule has 0 aliphatic rings. The number of rotatable bonds is 1. The second-order valence-electron chi connectivity index (χ2n) is 0.542. The van der Waals surface area contributed by atoms with Gasteiger partial charge in [-0.2, -0.15) is 0 Å². The van der Waals surface area contributed by atoms with E-state index in [0.29, 0.717) is 0 Å². The molecule has 0 spiro atoms. The minimum atomic E-state index is -0.981. The van der Waals surface area contributed by atoms with Crippen molar-refractivity contribution in [3.05, 3.63) is 12.7 Å². The maximum absolute atomic E-state index is 9.25. The van der Waals surface area contributed by atoms with Crippen LogP contribution in [0.4, 0.5) is 0 Å². The van der Waals surface area contributed by atoms with Gasteiger partial charge in [0.15, 0.2) is 0 Å². The predicted octanol–water partition coefficient (Wildman–Crippen LogP) is 0.257. The summed E-state index contributed by atoms with van der Waals surface area (Å²) in [5.74, 6) is -0.981. The zero-order chi connectivity index (χ0) is 4.28. The molecule has 0 saturated heterocycles. The molecule has 0 amide bonds. The van der Waals surface area contributed by atoms with Gasteiger partial charge in [0.2, 0.25) is 0 Å². The summed E-state index contributed by atoms with van der Waals surface area (Å²) in [6.45, 7) is 2.96. The van der Waals surface area contributed by atoms with Gasteiger partial charge in [-0.1, -0.05) is 6.58 Å². The van der Waals surface area contributed by atoms with Crippen LogP contribution in [0.5, 0.6) is 0 Å². The molecule has 0 atom stereocenters. The van der Waals surface area contributed by atoms with Crippen LogP contribution in [-0.4, -0.2) is 11.1 Å². The van der Waals surface area contributed by atoms with Gasteiger partial charge in [-0.15, -0.1) is 0 Å². The fourth-order valence-corrected chi connectivity index (χ4v) is 0. The van der Waals surface area contributed by atoms with E-state index in [-0.39, 0.29) is 39.9 Å². The Hall–Kier alpha value is 0.535. The summed E-state index contributed by atoms with van der Waals surface area (Å²) >= 11 is 0. The second-order valence-corrected chi connectivity index (χ2v) is 0.542. The summed E-state index contributed by atoms with van der Waals surface area (Å²) in [5, 5.41) is 7.60. The standard InChI is InChI=1S/C3H4O2.Th/c1-2-3(4)5;/h2H,1H2,(H,4,5);. The SMILES string of the molecule is C=CC(=O)O.[Th]. The number of carboxylic acids is 1. The Morgan fingerprint density at radius 3 is 2.00 bits per heavy atom. The normalized spacial score (nSPS) is 5.33. The molecule has 32 valence electrons. The topological polar surface area (TPSA) is 37.3 Å². The van der Waals surface area contributed by atoms with Crippen molar-refractivity contribution >= 4 is 5.97 Å². The van der Waals surface area contributed by atoms with Crippen LogP contribution in [0.2, 0.25) is 0 Å². The van der Waals surface area contributed by atoms with E-state index in [1.807, 2.05) is 0 Å². The average Bonchev–Trinajstić information content (AvgIpc) is 1.38. The molecule has 0 aliphatic carbocycles. The second kappa shape index (κ2) is 5.53. The zero-order valence-electron chi connectivity index (χ0n) is 3.14. The molecule has 0 saturated carbocycles. The van der Waals surface area contributed by atoms with E-state index in [1.165, 1.54) is 0 Å². The Balaban J connectivity index is 0. The third-order valence-electron chi connectivity index (χ3n) is 0.175. The molecule has 0 aromatic heterocycles. The van der Waals surface area contributed by atoms with E-state index in [2.05, 4.69) is 6.58 Å². The van der Waals surface area contributed by atoms with Gasteiger partial charge in [0.25, 0.3) is 0 Å². The summed E-state index contributed by atoms with van der Waals surface area (Å²) in [6, 6.07) is 0. The minimum absolute atomic E-state index is 0. The molecule has 0 unspecified atom stereocenters. The summed E-state index contributed by atoms with van der Waals surface area (Å²) in [6.07, 6.45) is 0.833. The molecule has 0 heterocycles. The third-order valence-corrected chi connectivity index (χ3v) is 0.175. The Morgan fingerprint density at radius 1 is 1.83 bits per heavy atom. The van der Waals surface area contributed by atoms with Gasteiger partial charge < -0.3 is 5.11 Å². The van der Waals surface area contributed by atoms with Gasteiger partial charge in [-0.25, -0.2) is 4.79 Å². The van der Waals surface area contributed by atoms with Gasteiger partial charge in [0.05, 0.1) is 0 Å². The van der Waals surface area contributed by atoms with Crippen LogP contribution in [0, 0.1) is 39.9 Å². The Kier molecular flexibility index (Phi) is 8.98. The maximum Gasteiger partial charge on any atom is 0.327 e. The van der Waals surface area contributed by atoms with Crippen LogP contribution in [0.3, 0.4) is 0 Å². The van der Waals surface area contributed by atoms with Crippen molar-refractivity contribution in [3.63, 3.8) is 0 Å². The average molecular weight is 304 g/mol. The Labute approximate surface area is 67.9 Å². The smallest absolute Gasteiger partial charge is 0.327 e. The van der Waals surface area contributed by atoms with Crippen LogP contribution in [-0.2, 0) is 4.79 Å². The Bertz CT molecular complexity index is 59.8. The van der Waals surface area contributed by atoms with Crippen molar-refractivity contribution in [2.24, 2.45) is 0 Å². The molecule has 2 nitrogen and oxygen atoms in total. The molecule has 3 heteroatoms. The molecular formula is C3H4O2Th. The van der Waals surface area contributed by atoms with Gasteiger partial charge in [0.1, 0.15) is 0 Å². The first-order chi connectivity index (χ1) is 2.27. The number of aliphatic carboxylic acids is 1. The molecule has 0 fully saturated rings. The van der Waals surface area contributed by atoms with Crippen LogP contribution >= 0.6 is 0 Å². The summed E-state index contributed by atoms with van der Waals surface area (Å²) in [4.78, 5) is 9.25. The third kappa shape index (κ3) is 8.82. The van der Waals surface area contributed by atoms with Gasteiger partial charge >= 0.3 is 5.97 Å². The first-order valence-corrected chi connectivity index (χ1v) is 1.12. The molecule has 0 bridgehead atoms. The van der Waals surface area contributed by atoms with Crippen molar-refractivity contribution in [2.45, 2.75) is 0 Å². The van der Waals surface area contributed by atoms with Crippen molar-refractivity contribution < 1.29 is 49.8 Å². The van der Waals surface area contributed by atoms with Crippen molar-refractivity contribution in [1.29, 1.82) is 0 Å². The van der Waals surface area contributed by atoms with Gasteiger partial charge in [-0.3, -0.25) is 0 Å². The minimum Gasteiger partial charge on any atom is -0.478 e. The fraction of sp³-hybridized carbons (Fsp3) is 0. The van der Waals surface area contributed by atoms with E-state index >= 15 is 0 Å². The van der Waals surface area contributed by atoms with Crippen LogP contribution in [0.25, 0.3) is 0 Å². The Morgan fingerprint density at radius 2 is 2.00 bits per heavy atom. The molecule has 0 radical (unpaired) electrons. The zero-order valence-corrected chi connectivity index (χ0v) is 7.25. The summed E-state index contributed by atoms with van der Waals surface area (Å²) < 4.78 is 0. The van der Waals surface area contributed by atoms with Crippen molar-refractivity contribution in [1.82, 2.24) is 0 Å². The largest absolute Gasteiger partial charge is 0.478 e. The number of carboxylic acid groups (broad SMARTS) is 1. The molecule has 0 aromatic rings. The van der Waals surface area contributed by atoms with Crippen molar-refractivity contribution in [2.75, 3.05) is 0 Å². The quantitative estimate of drug-likeness (QED) is 0.706. The first kappa shape index (κ1) is 9.73. The van der Waals surface area contributed by atoms with E-state index < -0.39 is 5.97 Å². The number of hydrogen-bond donors (Lipinski definition) is 1. The van der Waals surface area contributed by atoms with E-state index in [1.54, 1.807) is 0 Å². The number of carbonyl (C=O) groups is 1. The first-order valence-electron chi connectivity index (χ1n) is 1.12. The predicted molar refractivity (Wildman–Crippen MR) is 17.8 cm³/mol. The van der Waals surface area contributed by atoms with E-state index in [4.69, 9.17) is 5.11 Å². The van der Waals surface area contributed by atoms with Crippen LogP contribution in [0.1, 0.15) is 0 Å². The molecule has 6 heavy (non-hydrogen) atoms. The molecule has 1 N–H and O–H groups in total. The number of hydrogen-bond acceptors (Lipinski definition) is 1. The molecular weight excluding hydrogens is 300 g/mol.